The Labute approximate surface area is 113 Å². The van der Waals surface area contributed by atoms with Crippen molar-refractivity contribution in [2.24, 2.45) is 0 Å². The molecule has 0 aliphatic heterocycles. The Morgan fingerprint density at radius 1 is 1.00 bits per heavy atom. The fourth-order valence-corrected chi connectivity index (χ4v) is 1.49. The van der Waals surface area contributed by atoms with E-state index in [0.29, 0.717) is 12.1 Å². The molecular formula is C16H19NO2. The van der Waals surface area contributed by atoms with Crippen LogP contribution in [0.15, 0.2) is 54.6 Å². The molecule has 0 aliphatic rings. The minimum absolute atomic E-state index is 0.145. The SMILES string of the molecule is CC.O=C(NCc1ccccc1)c1ccc(O)cc1. The summed E-state index contributed by atoms with van der Waals surface area (Å²) in [7, 11) is 0. The predicted octanol–water partition coefficient (Wildman–Crippen LogP) is 3.35. The first-order chi connectivity index (χ1) is 9.25. The lowest BCUT2D eigenvalue weighted by Gasteiger charge is -2.05. The highest BCUT2D eigenvalue weighted by Gasteiger charge is 2.04. The lowest BCUT2D eigenvalue weighted by Crippen LogP contribution is -2.22. The lowest BCUT2D eigenvalue weighted by atomic mass is 10.2. The predicted molar refractivity (Wildman–Crippen MR) is 77.1 cm³/mol. The molecule has 2 aromatic carbocycles. The highest BCUT2D eigenvalue weighted by atomic mass is 16.3. The van der Waals surface area contributed by atoms with Crippen LogP contribution in [0.3, 0.4) is 0 Å². The molecule has 1 amide bonds. The molecule has 0 unspecified atom stereocenters. The second kappa shape index (κ2) is 7.93. The van der Waals surface area contributed by atoms with Crippen molar-refractivity contribution in [3.8, 4) is 5.75 Å². The Balaban J connectivity index is 0.000000861. The van der Waals surface area contributed by atoms with Gasteiger partial charge in [-0.1, -0.05) is 44.2 Å². The summed E-state index contributed by atoms with van der Waals surface area (Å²) in [6.45, 7) is 4.50. The molecule has 2 aromatic rings. The zero-order chi connectivity index (χ0) is 14.1. The Morgan fingerprint density at radius 3 is 2.16 bits per heavy atom. The van der Waals surface area contributed by atoms with Gasteiger partial charge in [-0.15, -0.1) is 0 Å². The second-order valence-corrected chi connectivity index (χ2v) is 3.72. The standard InChI is InChI=1S/C14H13NO2.C2H6/c16-13-8-6-12(7-9-13)14(17)15-10-11-4-2-1-3-5-11;1-2/h1-9,16H,10H2,(H,15,17);1-2H3. The molecule has 0 aliphatic carbocycles. The normalized spacial score (nSPS) is 9.16. The highest BCUT2D eigenvalue weighted by Crippen LogP contribution is 2.09. The van der Waals surface area contributed by atoms with Gasteiger partial charge < -0.3 is 10.4 Å². The van der Waals surface area contributed by atoms with E-state index in [1.54, 1.807) is 12.1 Å². The first-order valence-electron chi connectivity index (χ1n) is 6.37. The van der Waals surface area contributed by atoms with Crippen molar-refractivity contribution in [3.63, 3.8) is 0 Å². The fraction of sp³-hybridized carbons (Fsp3) is 0.188. The van der Waals surface area contributed by atoms with E-state index in [2.05, 4.69) is 5.32 Å². The maximum Gasteiger partial charge on any atom is 0.251 e. The summed E-state index contributed by atoms with van der Waals surface area (Å²) in [5.74, 6) is 0.0125. The van der Waals surface area contributed by atoms with Gasteiger partial charge in [0.05, 0.1) is 0 Å². The number of rotatable bonds is 3. The minimum atomic E-state index is -0.145. The van der Waals surface area contributed by atoms with Crippen LogP contribution in [0, 0.1) is 0 Å². The molecule has 2 rings (SSSR count). The van der Waals surface area contributed by atoms with E-state index in [9.17, 15) is 4.79 Å². The van der Waals surface area contributed by atoms with Gasteiger partial charge in [0.1, 0.15) is 5.75 Å². The van der Waals surface area contributed by atoms with E-state index >= 15 is 0 Å². The van der Waals surface area contributed by atoms with E-state index < -0.39 is 0 Å². The van der Waals surface area contributed by atoms with Gasteiger partial charge in [-0.05, 0) is 29.8 Å². The van der Waals surface area contributed by atoms with E-state index in [4.69, 9.17) is 5.11 Å². The van der Waals surface area contributed by atoms with Gasteiger partial charge in [0, 0.05) is 12.1 Å². The van der Waals surface area contributed by atoms with E-state index in [-0.39, 0.29) is 11.7 Å². The molecule has 19 heavy (non-hydrogen) atoms. The molecular weight excluding hydrogens is 238 g/mol. The number of carbonyl (C=O) groups is 1. The third-order valence-corrected chi connectivity index (χ3v) is 2.43. The topological polar surface area (TPSA) is 49.3 Å². The van der Waals surface area contributed by atoms with E-state index in [0.717, 1.165) is 5.56 Å². The molecule has 0 fully saturated rings. The molecule has 0 aromatic heterocycles. The van der Waals surface area contributed by atoms with Crippen molar-refractivity contribution < 1.29 is 9.90 Å². The summed E-state index contributed by atoms with van der Waals surface area (Å²) in [5.41, 5.74) is 1.60. The van der Waals surface area contributed by atoms with Crippen LogP contribution >= 0.6 is 0 Å². The number of nitrogens with one attached hydrogen (secondary N) is 1. The molecule has 0 spiro atoms. The molecule has 0 heterocycles. The first-order valence-corrected chi connectivity index (χ1v) is 6.37. The van der Waals surface area contributed by atoms with Gasteiger partial charge in [0.15, 0.2) is 0 Å². The average molecular weight is 257 g/mol. The van der Waals surface area contributed by atoms with Crippen LogP contribution in [-0.2, 0) is 6.54 Å². The van der Waals surface area contributed by atoms with Crippen LogP contribution in [0.25, 0.3) is 0 Å². The molecule has 100 valence electrons. The first kappa shape index (κ1) is 14.8. The van der Waals surface area contributed by atoms with Gasteiger partial charge in [0.2, 0.25) is 0 Å². The average Bonchev–Trinajstić information content (AvgIpc) is 2.49. The Bertz CT molecular complexity index is 492. The van der Waals surface area contributed by atoms with Gasteiger partial charge in [-0.3, -0.25) is 4.79 Å². The van der Waals surface area contributed by atoms with Crippen molar-refractivity contribution >= 4 is 5.91 Å². The van der Waals surface area contributed by atoms with E-state index in [1.807, 2.05) is 44.2 Å². The number of amides is 1. The number of benzene rings is 2. The van der Waals surface area contributed by atoms with Gasteiger partial charge in [0.25, 0.3) is 5.91 Å². The Hall–Kier alpha value is -2.29. The smallest absolute Gasteiger partial charge is 0.251 e. The highest BCUT2D eigenvalue weighted by molar-refractivity contribution is 5.94. The number of phenolic OH excluding ortho intramolecular Hbond substituents is 1. The number of hydrogen-bond donors (Lipinski definition) is 2. The lowest BCUT2D eigenvalue weighted by molar-refractivity contribution is 0.0951. The van der Waals surface area contributed by atoms with Gasteiger partial charge >= 0.3 is 0 Å². The van der Waals surface area contributed by atoms with Crippen molar-refractivity contribution in [2.45, 2.75) is 20.4 Å². The van der Waals surface area contributed by atoms with Crippen molar-refractivity contribution in [1.29, 1.82) is 0 Å². The molecule has 3 nitrogen and oxygen atoms in total. The molecule has 2 N–H and O–H groups in total. The second-order valence-electron chi connectivity index (χ2n) is 3.72. The summed E-state index contributed by atoms with van der Waals surface area (Å²) in [6, 6.07) is 15.9. The van der Waals surface area contributed by atoms with Crippen LogP contribution in [0.4, 0.5) is 0 Å². The number of phenols is 1. The van der Waals surface area contributed by atoms with Crippen molar-refractivity contribution in [2.75, 3.05) is 0 Å². The van der Waals surface area contributed by atoms with Crippen LogP contribution in [-0.4, -0.2) is 11.0 Å². The summed E-state index contributed by atoms with van der Waals surface area (Å²) in [6.07, 6.45) is 0. The van der Waals surface area contributed by atoms with Crippen LogP contribution < -0.4 is 5.32 Å². The molecule has 0 saturated carbocycles. The Morgan fingerprint density at radius 2 is 1.58 bits per heavy atom. The van der Waals surface area contributed by atoms with Gasteiger partial charge in [-0.2, -0.15) is 0 Å². The van der Waals surface area contributed by atoms with Crippen molar-refractivity contribution in [3.05, 3.63) is 65.7 Å². The summed E-state index contributed by atoms with van der Waals surface area (Å²) in [4.78, 5) is 11.7. The Kier molecular flexibility index (Phi) is 6.16. The fourth-order valence-electron chi connectivity index (χ4n) is 1.49. The summed E-state index contributed by atoms with van der Waals surface area (Å²) >= 11 is 0. The van der Waals surface area contributed by atoms with Gasteiger partial charge in [-0.25, -0.2) is 0 Å². The molecule has 0 saturated heterocycles. The van der Waals surface area contributed by atoms with Crippen LogP contribution in [0.5, 0.6) is 5.75 Å². The number of carbonyl (C=O) groups excluding carboxylic acids is 1. The maximum absolute atomic E-state index is 11.7. The molecule has 3 heteroatoms. The largest absolute Gasteiger partial charge is 0.508 e. The summed E-state index contributed by atoms with van der Waals surface area (Å²) in [5, 5.41) is 11.9. The number of hydrogen-bond acceptors (Lipinski definition) is 2. The quantitative estimate of drug-likeness (QED) is 0.886. The zero-order valence-electron chi connectivity index (χ0n) is 11.3. The van der Waals surface area contributed by atoms with Crippen molar-refractivity contribution in [1.82, 2.24) is 5.32 Å². The number of aromatic hydroxyl groups is 1. The third kappa shape index (κ3) is 4.84. The maximum atomic E-state index is 11.7. The zero-order valence-corrected chi connectivity index (χ0v) is 11.3. The van der Waals surface area contributed by atoms with E-state index in [1.165, 1.54) is 12.1 Å². The minimum Gasteiger partial charge on any atom is -0.508 e. The third-order valence-electron chi connectivity index (χ3n) is 2.43. The van der Waals surface area contributed by atoms with Crippen LogP contribution in [0.1, 0.15) is 29.8 Å². The molecule has 0 atom stereocenters. The van der Waals surface area contributed by atoms with Crippen LogP contribution in [0.2, 0.25) is 0 Å². The molecule has 0 radical (unpaired) electrons. The summed E-state index contributed by atoms with van der Waals surface area (Å²) < 4.78 is 0. The molecule has 0 bridgehead atoms. The monoisotopic (exact) mass is 257 g/mol.